The molecule has 1 unspecified atom stereocenters. The standard InChI is InChI=1S/C20H23N5O5/c26-7-9-30-8-1-2-14-12-25(23-22-14)15-4-3-13-11-24(20(29)16(13)10-15)17-5-6-18(27)21-19(17)28/h3-4,10,12,17,26H,1-2,5-9,11H2,(H,21,27,28). The van der Waals surface area contributed by atoms with E-state index in [9.17, 15) is 14.4 Å². The third-order valence-corrected chi connectivity index (χ3v) is 5.27. The van der Waals surface area contributed by atoms with Crippen molar-refractivity contribution in [3.8, 4) is 5.69 Å². The van der Waals surface area contributed by atoms with Crippen molar-refractivity contribution in [1.82, 2.24) is 25.2 Å². The van der Waals surface area contributed by atoms with Gasteiger partial charge in [-0.3, -0.25) is 19.7 Å². The number of nitrogens with zero attached hydrogens (tertiary/aromatic N) is 4. The summed E-state index contributed by atoms with van der Waals surface area (Å²) in [6, 6.07) is 4.85. The van der Waals surface area contributed by atoms with E-state index >= 15 is 0 Å². The van der Waals surface area contributed by atoms with Crippen molar-refractivity contribution in [2.45, 2.75) is 38.3 Å². The molecule has 1 saturated heterocycles. The van der Waals surface area contributed by atoms with Gasteiger partial charge < -0.3 is 14.7 Å². The molecule has 4 rings (SSSR count). The quantitative estimate of drug-likeness (QED) is 0.460. The minimum absolute atomic E-state index is 0.00814. The molecule has 1 aromatic carbocycles. The van der Waals surface area contributed by atoms with Crippen LogP contribution in [0.4, 0.5) is 0 Å². The van der Waals surface area contributed by atoms with Crippen LogP contribution in [0.25, 0.3) is 5.69 Å². The number of rotatable bonds is 8. The molecule has 0 bridgehead atoms. The van der Waals surface area contributed by atoms with Crippen LogP contribution >= 0.6 is 0 Å². The van der Waals surface area contributed by atoms with Gasteiger partial charge in [-0.2, -0.15) is 0 Å². The fourth-order valence-electron chi connectivity index (χ4n) is 3.75. The number of amides is 3. The molecule has 10 nitrogen and oxygen atoms in total. The number of aryl methyl sites for hydroxylation is 1. The highest BCUT2D eigenvalue weighted by Gasteiger charge is 2.39. The van der Waals surface area contributed by atoms with E-state index in [1.807, 2.05) is 18.3 Å². The van der Waals surface area contributed by atoms with Crippen LogP contribution in [0.2, 0.25) is 0 Å². The molecule has 3 heterocycles. The van der Waals surface area contributed by atoms with E-state index in [2.05, 4.69) is 15.6 Å². The van der Waals surface area contributed by atoms with Crippen molar-refractivity contribution in [3.63, 3.8) is 0 Å². The lowest BCUT2D eigenvalue weighted by molar-refractivity contribution is -0.136. The molecule has 2 N–H and O–H groups in total. The summed E-state index contributed by atoms with van der Waals surface area (Å²) in [5.74, 6) is -0.941. The number of fused-ring (bicyclic) bond motifs is 1. The second kappa shape index (κ2) is 8.72. The van der Waals surface area contributed by atoms with Crippen molar-refractivity contribution in [2.75, 3.05) is 19.8 Å². The number of aliphatic hydroxyl groups excluding tert-OH is 1. The number of piperidine rings is 1. The summed E-state index contributed by atoms with van der Waals surface area (Å²) >= 11 is 0. The van der Waals surface area contributed by atoms with Crippen LogP contribution < -0.4 is 5.32 Å². The van der Waals surface area contributed by atoms with Gasteiger partial charge in [-0.25, -0.2) is 4.68 Å². The molecule has 0 aliphatic carbocycles. The minimum atomic E-state index is -0.628. The van der Waals surface area contributed by atoms with E-state index in [4.69, 9.17) is 9.84 Å². The van der Waals surface area contributed by atoms with Crippen molar-refractivity contribution in [1.29, 1.82) is 0 Å². The first-order valence-electron chi connectivity index (χ1n) is 9.94. The first kappa shape index (κ1) is 20.2. The van der Waals surface area contributed by atoms with Gasteiger partial charge in [-0.15, -0.1) is 5.10 Å². The van der Waals surface area contributed by atoms with Crippen LogP contribution in [0.15, 0.2) is 24.4 Å². The van der Waals surface area contributed by atoms with Gasteiger partial charge in [0.05, 0.1) is 30.8 Å². The van der Waals surface area contributed by atoms with Gasteiger partial charge in [0.2, 0.25) is 11.8 Å². The number of aliphatic hydroxyl groups is 1. The second-order valence-electron chi connectivity index (χ2n) is 7.34. The Morgan fingerprint density at radius 3 is 2.90 bits per heavy atom. The van der Waals surface area contributed by atoms with Crippen molar-refractivity contribution < 1.29 is 24.2 Å². The lowest BCUT2D eigenvalue weighted by Gasteiger charge is -2.29. The Labute approximate surface area is 172 Å². The highest BCUT2D eigenvalue weighted by Crippen LogP contribution is 2.29. The molecule has 1 atom stereocenters. The van der Waals surface area contributed by atoms with Gasteiger partial charge in [0.1, 0.15) is 6.04 Å². The molecule has 2 aliphatic heterocycles. The Morgan fingerprint density at radius 2 is 2.10 bits per heavy atom. The SMILES string of the molecule is O=C1CCC(N2Cc3ccc(-n4cc(CCCOCCO)nn4)cc3C2=O)C(=O)N1. The van der Waals surface area contributed by atoms with Crippen molar-refractivity contribution >= 4 is 17.7 Å². The maximum atomic E-state index is 12.9. The topological polar surface area (TPSA) is 127 Å². The lowest BCUT2D eigenvalue weighted by Crippen LogP contribution is -2.52. The largest absolute Gasteiger partial charge is 0.394 e. The summed E-state index contributed by atoms with van der Waals surface area (Å²) in [4.78, 5) is 38.0. The summed E-state index contributed by atoms with van der Waals surface area (Å²) in [6.07, 6.45) is 3.84. The van der Waals surface area contributed by atoms with E-state index < -0.39 is 11.9 Å². The first-order chi connectivity index (χ1) is 14.6. The predicted octanol–water partition coefficient (Wildman–Crippen LogP) is -0.0302. The zero-order valence-corrected chi connectivity index (χ0v) is 16.4. The minimum Gasteiger partial charge on any atom is -0.394 e. The van der Waals surface area contributed by atoms with Crippen LogP contribution in [0.5, 0.6) is 0 Å². The predicted molar refractivity (Wildman–Crippen MR) is 104 cm³/mol. The molecule has 1 fully saturated rings. The van der Waals surface area contributed by atoms with Gasteiger partial charge in [-0.05, 0) is 37.0 Å². The molecule has 2 aliphatic rings. The smallest absolute Gasteiger partial charge is 0.255 e. The normalized spacial score (nSPS) is 18.6. The van der Waals surface area contributed by atoms with E-state index in [0.717, 1.165) is 17.7 Å². The fourth-order valence-corrected chi connectivity index (χ4v) is 3.75. The zero-order chi connectivity index (χ0) is 21.1. The Morgan fingerprint density at radius 1 is 1.23 bits per heavy atom. The Bertz CT molecular complexity index is 972. The second-order valence-corrected chi connectivity index (χ2v) is 7.34. The molecule has 0 saturated carbocycles. The van der Waals surface area contributed by atoms with Gasteiger partial charge >= 0.3 is 0 Å². The third-order valence-electron chi connectivity index (χ3n) is 5.27. The average Bonchev–Trinajstić information content (AvgIpc) is 3.33. The van der Waals surface area contributed by atoms with E-state index in [-0.39, 0.29) is 24.8 Å². The van der Waals surface area contributed by atoms with Gasteiger partial charge in [0.15, 0.2) is 0 Å². The number of benzene rings is 1. The Kier molecular flexibility index (Phi) is 5.86. The number of carbonyl (C=O) groups excluding carboxylic acids is 3. The van der Waals surface area contributed by atoms with E-state index in [0.29, 0.717) is 43.9 Å². The van der Waals surface area contributed by atoms with E-state index in [1.54, 1.807) is 10.7 Å². The molecule has 30 heavy (non-hydrogen) atoms. The lowest BCUT2D eigenvalue weighted by atomic mass is 10.0. The monoisotopic (exact) mass is 413 g/mol. The van der Waals surface area contributed by atoms with Gasteiger partial charge in [-0.1, -0.05) is 11.3 Å². The maximum absolute atomic E-state index is 12.9. The number of aromatic nitrogens is 3. The van der Waals surface area contributed by atoms with Gasteiger partial charge in [0, 0.05) is 25.1 Å². The maximum Gasteiger partial charge on any atom is 0.255 e. The highest BCUT2D eigenvalue weighted by atomic mass is 16.5. The molecule has 2 aromatic rings. The van der Waals surface area contributed by atoms with Gasteiger partial charge in [0.25, 0.3) is 5.91 Å². The average molecular weight is 413 g/mol. The Balaban J connectivity index is 1.44. The number of carbonyl (C=O) groups is 3. The summed E-state index contributed by atoms with van der Waals surface area (Å²) in [7, 11) is 0. The summed E-state index contributed by atoms with van der Waals surface area (Å²) in [6.45, 7) is 1.22. The number of imide groups is 1. The number of hydrogen-bond acceptors (Lipinski definition) is 7. The van der Waals surface area contributed by atoms with Crippen molar-refractivity contribution in [3.05, 3.63) is 41.2 Å². The third kappa shape index (κ3) is 4.10. The van der Waals surface area contributed by atoms with Crippen LogP contribution in [0.3, 0.4) is 0 Å². The number of nitrogens with one attached hydrogen (secondary N) is 1. The summed E-state index contributed by atoms with van der Waals surface area (Å²) in [5.41, 5.74) is 2.89. The van der Waals surface area contributed by atoms with Crippen molar-refractivity contribution in [2.24, 2.45) is 0 Å². The summed E-state index contributed by atoms with van der Waals surface area (Å²) in [5, 5.41) is 19.3. The highest BCUT2D eigenvalue weighted by molar-refractivity contribution is 6.05. The molecule has 3 amide bonds. The number of hydrogen-bond donors (Lipinski definition) is 2. The molecule has 10 heteroatoms. The molecule has 1 aromatic heterocycles. The molecule has 0 radical (unpaired) electrons. The molecule has 158 valence electrons. The zero-order valence-electron chi connectivity index (χ0n) is 16.4. The van der Waals surface area contributed by atoms with Crippen LogP contribution in [0.1, 0.15) is 40.9 Å². The first-order valence-corrected chi connectivity index (χ1v) is 9.94. The van der Waals surface area contributed by atoms with Crippen LogP contribution in [0, 0.1) is 0 Å². The van der Waals surface area contributed by atoms with Crippen LogP contribution in [-0.2, 0) is 27.3 Å². The fraction of sp³-hybridized carbons (Fsp3) is 0.450. The summed E-state index contributed by atoms with van der Waals surface area (Å²) < 4.78 is 6.85. The van der Waals surface area contributed by atoms with E-state index in [1.165, 1.54) is 4.90 Å². The molecular formula is C20H23N5O5. The number of ether oxygens (including phenoxy) is 1. The molecular weight excluding hydrogens is 390 g/mol. The van der Waals surface area contributed by atoms with Crippen LogP contribution in [-0.4, -0.2) is 68.6 Å². The Hall–Kier alpha value is -3.11. The molecule has 0 spiro atoms.